The number of aryl methyl sites for hydroxylation is 1. The highest BCUT2D eigenvalue weighted by Crippen LogP contribution is 2.22. The summed E-state index contributed by atoms with van der Waals surface area (Å²) in [5.41, 5.74) is 1.77. The molecule has 2 aromatic carbocycles. The van der Waals surface area contributed by atoms with Crippen molar-refractivity contribution in [2.75, 3.05) is 11.8 Å². The van der Waals surface area contributed by atoms with Gasteiger partial charge in [0.15, 0.2) is 11.6 Å². The zero-order valence-electron chi connectivity index (χ0n) is 11.8. The molecule has 0 aromatic heterocycles. The third-order valence-corrected chi connectivity index (χ3v) is 4.27. The van der Waals surface area contributed by atoms with E-state index in [9.17, 15) is 12.8 Å². The zero-order chi connectivity index (χ0) is 15.5. The average molecular weight is 309 g/mol. The lowest BCUT2D eigenvalue weighted by molar-refractivity contribution is 0.386. The molecule has 112 valence electrons. The van der Waals surface area contributed by atoms with Gasteiger partial charge in [-0.05, 0) is 30.2 Å². The van der Waals surface area contributed by atoms with Gasteiger partial charge in [-0.25, -0.2) is 12.8 Å². The molecule has 0 saturated carbocycles. The normalized spacial score (nSPS) is 11.2. The summed E-state index contributed by atoms with van der Waals surface area (Å²) in [7, 11) is -2.26. The Hall–Kier alpha value is -2.08. The molecule has 21 heavy (non-hydrogen) atoms. The number of rotatable bonds is 5. The maximum absolute atomic E-state index is 13.6. The highest BCUT2D eigenvalue weighted by Gasteiger charge is 2.14. The predicted octanol–water partition coefficient (Wildman–Crippen LogP) is 3.08. The lowest BCUT2D eigenvalue weighted by atomic mass is 10.1. The lowest BCUT2D eigenvalue weighted by Crippen LogP contribution is -2.15. The summed E-state index contributed by atoms with van der Waals surface area (Å²) < 4.78 is 45.0. The van der Waals surface area contributed by atoms with Crippen molar-refractivity contribution in [3.05, 3.63) is 59.4 Å². The summed E-state index contributed by atoms with van der Waals surface area (Å²) in [5, 5.41) is 0. The number of anilines is 1. The van der Waals surface area contributed by atoms with E-state index in [2.05, 4.69) is 4.72 Å². The molecule has 0 fully saturated rings. The van der Waals surface area contributed by atoms with Gasteiger partial charge in [0.25, 0.3) is 0 Å². The Labute approximate surface area is 123 Å². The largest absolute Gasteiger partial charge is 0.494 e. The van der Waals surface area contributed by atoms with E-state index in [1.54, 1.807) is 12.1 Å². The molecule has 0 unspecified atom stereocenters. The maximum Gasteiger partial charge on any atom is 0.236 e. The third-order valence-electron chi connectivity index (χ3n) is 3.03. The SMILES string of the molecule is COc1ccc(NS(=O)(=O)Cc2ccccc2C)cc1F. The van der Waals surface area contributed by atoms with Crippen LogP contribution in [0.3, 0.4) is 0 Å². The summed E-state index contributed by atoms with van der Waals surface area (Å²) in [5.74, 6) is -0.710. The van der Waals surface area contributed by atoms with Crippen molar-refractivity contribution in [2.45, 2.75) is 12.7 Å². The van der Waals surface area contributed by atoms with Crippen LogP contribution in [0.4, 0.5) is 10.1 Å². The second-order valence-corrected chi connectivity index (χ2v) is 6.36. The smallest absolute Gasteiger partial charge is 0.236 e. The van der Waals surface area contributed by atoms with Crippen molar-refractivity contribution >= 4 is 15.7 Å². The van der Waals surface area contributed by atoms with Crippen molar-refractivity contribution in [3.63, 3.8) is 0 Å². The number of benzene rings is 2. The van der Waals surface area contributed by atoms with Crippen LogP contribution in [0.2, 0.25) is 0 Å². The third kappa shape index (κ3) is 3.95. The van der Waals surface area contributed by atoms with Crippen LogP contribution in [0.1, 0.15) is 11.1 Å². The Morgan fingerprint density at radius 2 is 1.90 bits per heavy atom. The van der Waals surface area contributed by atoms with Crippen LogP contribution < -0.4 is 9.46 Å². The quantitative estimate of drug-likeness (QED) is 0.923. The molecule has 0 spiro atoms. The van der Waals surface area contributed by atoms with Crippen LogP contribution in [-0.4, -0.2) is 15.5 Å². The second kappa shape index (κ2) is 6.13. The van der Waals surface area contributed by atoms with Crippen LogP contribution in [0.15, 0.2) is 42.5 Å². The molecular formula is C15H16FNO3S. The highest BCUT2D eigenvalue weighted by molar-refractivity contribution is 7.91. The fraction of sp³-hybridized carbons (Fsp3) is 0.200. The van der Waals surface area contributed by atoms with Gasteiger partial charge in [0.1, 0.15) is 0 Å². The Bertz CT molecular complexity index is 744. The molecule has 0 amide bonds. The van der Waals surface area contributed by atoms with Gasteiger partial charge in [0.05, 0.1) is 18.6 Å². The Morgan fingerprint density at radius 1 is 1.19 bits per heavy atom. The monoisotopic (exact) mass is 309 g/mol. The minimum Gasteiger partial charge on any atom is -0.494 e. The molecule has 6 heteroatoms. The maximum atomic E-state index is 13.6. The number of hydrogen-bond acceptors (Lipinski definition) is 3. The highest BCUT2D eigenvalue weighted by atomic mass is 32.2. The lowest BCUT2D eigenvalue weighted by Gasteiger charge is -2.10. The molecule has 4 nitrogen and oxygen atoms in total. The van der Waals surface area contributed by atoms with E-state index >= 15 is 0 Å². The van der Waals surface area contributed by atoms with Crippen LogP contribution in [0.5, 0.6) is 5.75 Å². The van der Waals surface area contributed by atoms with Crippen molar-refractivity contribution in [2.24, 2.45) is 0 Å². The first-order valence-electron chi connectivity index (χ1n) is 6.30. The van der Waals surface area contributed by atoms with Crippen molar-refractivity contribution in [3.8, 4) is 5.75 Å². The molecule has 0 aliphatic heterocycles. The molecule has 0 radical (unpaired) electrons. The van der Waals surface area contributed by atoms with Crippen LogP contribution in [-0.2, 0) is 15.8 Å². The molecule has 2 rings (SSSR count). The number of sulfonamides is 1. The van der Waals surface area contributed by atoms with Gasteiger partial charge in [0, 0.05) is 6.07 Å². The van der Waals surface area contributed by atoms with E-state index in [0.717, 1.165) is 11.6 Å². The molecular weight excluding hydrogens is 293 g/mol. The zero-order valence-corrected chi connectivity index (χ0v) is 12.6. The van der Waals surface area contributed by atoms with Gasteiger partial charge < -0.3 is 4.74 Å². The van der Waals surface area contributed by atoms with E-state index < -0.39 is 15.8 Å². The molecule has 0 aliphatic rings. The second-order valence-electron chi connectivity index (χ2n) is 4.64. The van der Waals surface area contributed by atoms with Gasteiger partial charge in [0.2, 0.25) is 10.0 Å². The van der Waals surface area contributed by atoms with E-state index in [1.165, 1.54) is 19.2 Å². The van der Waals surface area contributed by atoms with Gasteiger partial charge >= 0.3 is 0 Å². The summed E-state index contributed by atoms with van der Waals surface area (Å²) in [6.07, 6.45) is 0. The van der Waals surface area contributed by atoms with Crippen LogP contribution in [0.25, 0.3) is 0 Å². The standard InChI is InChI=1S/C15H16FNO3S/c1-11-5-3-4-6-12(11)10-21(18,19)17-13-7-8-15(20-2)14(16)9-13/h3-9,17H,10H2,1-2H3. The van der Waals surface area contributed by atoms with Crippen molar-refractivity contribution in [1.29, 1.82) is 0 Å². The fourth-order valence-corrected chi connectivity index (χ4v) is 3.21. The molecule has 0 saturated heterocycles. The molecule has 0 bridgehead atoms. The van der Waals surface area contributed by atoms with E-state index in [-0.39, 0.29) is 17.2 Å². The van der Waals surface area contributed by atoms with E-state index in [0.29, 0.717) is 5.56 Å². The van der Waals surface area contributed by atoms with Gasteiger partial charge in [-0.3, -0.25) is 4.72 Å². The van der Waals surface area contributed by atoms with E-state index in [4.69, 9.17) is 4.74 Å². The van der Waals surface area contributed by atoms with Crippen molar-refractivity contribution < 1.29 is 17.5 Å². The van der Waals surface area contributed by atoms with Gasteiger partial charge in [-0.2, -0.15) is 0 Å². The number of methoxy groups -OCH3 is 1. The first-order valence-corrected chi connectivity index (χ1v) is 7.95. The minimum absolute atomic E-state index is 0.0665. The predicted molar refractivity (Wildman–Crippen MR) is 80.4 cm³/mol. The van der Waals surface area contributed by atoms with E-state index in [1.807, 2.05) is 19.1 Å². The number of halogens is 1. The molecule has 0 aliphatic carbocycles. The summed E-state index contributed by atoms with van der Waals surface area (Å²) >= 11 is 0. The summed E-state index contributed by atoms with van der Waals surface area (Å²) in [4.78, 5) is 0. The summed E-state index contributed by atoms with van der Waals surface area (Å²) in [6, 6.07) is 11.1. The Balaban J connectivity index is 2.18. The average Bonchev–Trinajstić information content (AvgIpc) is 2.41. The topological polar surface area (TPSA) is 55.4 Å². The van der Waals surface area contributed by atoms with Crippen LogP contribution >= 0.6 is 0 Å². The molecule has 0 atom stereocenters. The number of nitrogens with one attached hydrogen (secondary N) is 1. The fourth-order valence-electron chi connectivity index (χ4n) is 1.92. The van der Waals surface area contributed by atoms with Crippen molar-refractivity contribution in [1.82, 2.24) is 0 Å². The van der Waals surface area contributed by atoms with Gasteiger partial charge in [-0.15, -0.1) is 0 Å². The molecule has 2 aromatic rings. The molecule has 0 heterocycles. The van der Waals surface area contributed by atoms with Crippen LogP contribution in [0, 0.1) is 12.7 Å². The minimum atomic E-state index is -3.60. The molecule has 1 N–H and O–H groups in total. The summed E-state index contributed by atoms with van der Waals surface area (Å²) in [6.45, 7) is 1.85. The first-order chi connectivity index (χ1) is 9.91. The number of hydrogen-bond donors (Lipinski definition) is 1. The van der Waals surface area contributed by atoms with Gasteiger partial charge in [-0.1, -0.05) is 24.3 Å². The number of ether oxygens (including phenoxy) is 1. The first kappa shape index (κ1) is 15.3. The Morgan fingerprint density at radius 3 is 2.52 bits per heavy atom. The Kier molecular flexibility index (Phi) is 4.47.